The minimum absolute atomic E-state index is 0.0181. The summed E-state index contributed by atoms with van der Waals surface area (Å²) in [5.41, 5.74) is 5.64. The van der Waals surface area contributed by atoms with Gasteiger partial charge in [0.15, 0.2) is 0 Å². The summed E-state index contributed by atoms with van der Waals surface area (Å²) in [4.78, 5) is 30.0. The maximum atomic E-state index is 15.1. The third-order valence-corrected chi connectivity index (χ3v) is 8.45. The van der Waals surface area contributed by atoms with Crippen LogP contribution in [0.1, 0.15) is 102 Å². The molecule has 0 radical (unpaired) electrons. The van der Waals surface area contributed by atoms with Crippen LogP contribution in [0.3, 0.4) is 0 Å². The highest BCUT2D eigenvalue weighted by Crippen LogP contribution is 2.40. The molecule has 2 atom stereocenters. The zero-order valence-corrected chi connectivity index (χ0v) is 19.9. The van der Waals surface area contributed by atoms with E-state index in [1.54, 1.807) is 4.57 Å². The molecule has 7 heteroatoms. The normalized spacial score (nSPS) is 22.6. The number of carbonyl (C=O) groups is 2. The second-order valence-corrected chi connectivity index (χ2v) is 10.7. The number of rotatable bonds is 4. The summed E-state index contributed by atoms with van der Waals surface area (Å²) < 4.78 is 19.1. The van der Waals surface area contributed by atoms with E-state index in [9.17, 15) is 9.59 Å². The highest BCUT2D eigenvalue weighted by Gasteiger charge is 2.41. The largest absolute Gasteiger partial charge is 0.347 e. The third kappa shape index (κ3) is 2.96. The monoisotopic (exact) mass is 452 g/mol. The average molecular weight is 453 g/mol. The highest BCUT2D eigenvalue weighted by molar-refractivity contribution is 5.99. The molecule has 0 spiro atoms. The molecule has 33 heavy (non-hydrogen) atoms. The van der Waals surface area contributed by atoms with Crippen molar-refractivity contribution in [3.05, 3.63) is 45.8 Å². The summed E-state index contributed by atoms with van der Waals surface area (Å²) in [6, 6.07) is 0.492. The lowest BCUT2D eigenvalue weighted by molar-refractivity contribution is 0.0684. The quantitative estimate of drug-likeness (QED) is 0.689. The van der Waals surface area contributed by atoms with E-state index < -0.39 is 0 Å². The summed E-state index contributed by atoms with van der Waals surface area (Å²) in [6.45, 7) is 8.15. The number of hydrogen-bond donors (Lipinski definition) is 0. The van der Waals surface area contributed by atoms with Crippen LogP contribution in [0.4, 0.5) is 4.39 Å². The zero-order valence-electron chi connectivity index (χ0n) is 19.9. The van der Waals surface area contributed by atoms with Crippen molar-refractivity contribution in [3.8, 4) is 0 Å². The van der Waals surface area contributed by atoms with Gasteiger partial charge < -0.3 is 18.9 Å². The molecule has 2 aromatic heterocycles. The van der Waals surface area contributed by atoms with Crippen molar-refractivity contribution in [3.63, 3.8) is 0 Å². The molecule has 176 valence electrons. The summed E-state index contributed by atoms with van der Waals surface area (Å²) in [5, 5.41) is 0. The van der Waals surface area contributed by atoms with Crippen molar-refractivity contribution in [1.82, 2.24) is 18.9 Å². The maximum absolute atomic E-state index is 15.1. The van der Waals surface area contributed by atoms with Gasteiger partial charge in [0.05, 0.1) is 11.1 Å². The Labute approximate surface area is 194 Å². The maximum Gasteiger partial charge on any atom is 0.259 e. The molecule has 4 aliphatic rings. The van der Waals surface area contributed by atoms with Crippen LogP contribution in [0.25, 0.3) is 0 Å². The van der Waals surface area contributed by atoms with Crippen molar-refractivity contribution < 1.29 is 14.0 Å². The summed E-state index contributed by atoms with van der Waals surface area (Å²) in [6.07, 6.45) is 8.96. The summed E-state index contributed by atoms with van der Waals surface area (Å²) >= 11 is 0. The second-order valence-electron chi connectivity index (χ2n) is 10.7. The van der Waals surface area contributed by atoms with Crippen molar-refractivity contribution in [1.29, 1.82) is 0 Å². The van der Waals surface area contributed by atoms with E-state index in [1.807, 2.05) is 9.80 Å². The number of fused-ring (bicyclic) bond motifs is 6. The Kier molecular flexibility index (Phi) is 4.75. The molecule has 2 aromatic rings. The third-order valence-electron chi connectivity index (χ3n) is 8.45. The first-order chi connectivity index (χ1) is 15.9. The molecule has 6 nitrogen and oxygen atoms in total. The van der Waals surface area contributed by atoms with E-state index in [-0.39, 0.29) is 35.9 Å². The van der Waals surface area contributed by atoms with Gasteiger partial charge in [-0.15, -0.1) is 0 Å². The molecule has 2 amide bonds. The number of carbonyl (C=O) groups excluding carboxylic acids is 2. The first-order valence-corrected chi connectivity index (χ1v) is 12.6. The summed E-state index contributed by atoms with van der Waals surface area (Å²) in [5.74, 6) is -0.329. The predicted octanol–water partition coefficient (Wildman–Crippen LogP) is 4.44. The van der Waals surface area contributed by atoms with Crippen LogP contribution in [-0.4, -0.2) is 42.8 Å². The van der Waals surface area contributed by atoms with E-state index >= 15 is 4.39 Å². The molecule has 2 unspecified atom stereocenters. The topological polar surface area (TPSA) is 50.5 Å². The van der Waals surface area contributed by atoms with Gasteiger partial charge in [0.1, 0.15) is 0 Å². The van der Waals surface area contributed by atoms with Crippen molar-refractivity contribution in [2.75, 3.05) is 0 Å². The first-order valence-electron chi connectivity index (χ1n) is 12.6. The van der Waals surface area contributed by atoms with Crippen molar-refractivity contribution in [2.24, 2.45) is 0 Å². The van der Waals surface area contributed by atoms with Crippen LogP contribution in [0.15, 0.2) is 6.20 Å². The van der Waals surface area contributed by atoms with Gasteiger partial charge in [-0.25, -0.2) is 0 Å². The van der Waals surface area contributed by atoms with E-state index in [4.69, 9.17) is 0 Å². The smallest absolute Gasteiger partial charge is 0.259 e. The molecule has 0 aliphatic carbocycles. The lowest BCUT2D eigenvalue weighted by Crippen LogP contribution is -2.37. The van der Waals surface area contributed by atoms with Crippen LogP contribution in [0.2, 0.25) is 0 Å². The van der Waals surface area contributed by atoms with E-state index in [2.05, 4.69) is 31.5 Å². The molecule has 6 heterocycles. The Morgan fingerprint density at radius 3 is 2.52 bits per heavy atom. The van der Waals surface area contributed by atoms with Crippen LogP contribution in [-0.2, 0) is 32.5 Å². The predicted molar refractivity (Wildman–Crippen MR) is 123 cm³/mol. The molecular formula is C26H33FN4O2. The lowest BCUT2D eigenvalue weighted by Gasteiger charge is -2.33. The Morgan fingerprint density at radius 1 is 0.970 bits per heavy atom. The lowest BCUT2D eigenvalue weighted by atomic mass is 9.95. The number of aromatic nitrogens is 2. The Bertz CT molecular complexity index is 1160. The summed E-state index contributed by atoms with van der Waals surface area (Å²) in [7, 11) is 0. The van der Waals surface area contributed by atoms with Crippen LogP contribution in [0, 0.1) is 5.95 Å². The molecule has 0 saturated heterocycles. The van der Waals surface area contributed by atoms with Crippen molar-refractivity contribution in [2.45, 2.75) is 103 Å². The zero-order chi connectivity index (χ0) is 23.0. The first kappa shape index (κ1) is 21.0. The van der Waals surface area contributed by atoms with Crippen LogP contribution >= 0.6 is 0 Å². The van der Waals surface area contributed by atoms with Gasteiger partial charge in [-0.1, -0.05) is 0 Å². The Morgan fingerprint density at radius 2 is 1.73 bits per heavy atom. The van der Waals surface area contributed by atoms with Gasteiger partial charge in [-0.3, -0.25) is 9.59 Å². The molecule has 6 rings (SSSR count). The molecule has 4 aliphatic heterocycles. The fourth-order valence-electron chi connectivity index (χ4n) is 6.68. The van der Waals surface area contributed by atoms with Gasteiger partial charge in [-0.05, 0) is 65.7 Å². The minimum atomic E-state index is -0.325. The van der Waals surface area contributed by atoms with E-state index in [0.29, 0.717) is 25.2 Å². The highest BCUT2D eigenvalue weighted by atomic mass is 19.1. The molecule has 0 aromatic carbocycles. The molecule has 0 fully saturated rings. The van der Waals surface area contributed by atoms with E-state index in [0.717, 1.165) is 61.8 Å². The Balaban J connectivity index is 1.23. The second kappa shape index (κ2) is 7.47. The van der Waals surface area contributed by atoms with Gasteiger partial charge >= 0.3 is 0 Å². The fourth-order valence-corrected chi connectivity index (χ4v) is 6.68. The number of nitrogens with zero attached hydrogens (tertiary/aromatic N) is 4. The standard InChI is InChI=1S/C26H33FN4O2/c1-15(2)29-12-18-19(25(29)32)13-31-17(7-6-9-21(18)31)11-16(3)30-14-20-22-8-4-5-10-28(22)24(27)23(20)26(30)33/h13,15-17H,4-12,14H2,1-3H3. The number of hydrogen-bond acceptors (Lipinski definition) is 2. The minimum Gasteiger partial charge on any atom is -0.347 e. The van der Waals surface area contributed by atoms with Gasteiger partial charge in [0.2, 0.25) is 5.95 Å². The van der Waals surface area contributed by atoms with Gasteiger partial charge in [-0.2, -0.15) is 4.39 Å². The SMILES string of the molecule is CC(C)N1Cc2c(cn3c2CCCC3CC(C)N2Cc3c(c(F)n4c3CCCC4)C2=O)C1=O. The van der Waals surface area contributed by atoms with Gasteiger partial charge in [0.25, 0.3) is 11.8 Å². The molecule has 0 saturated carbocycles. The molecular weight excluding hydrogens is 419 g/mol. The molecule has 0 N–H and O–H groups in total. The number of amides is 2. The van der Waals surface area contributed by atoms with E-state index in [1.165, 1.54) is 11.3 Å². The van der Waals surface area contributed by atoms with Crippen molar-refractivity contribution >= 4 is 11.8 Å². The number of halogens is 1. The van der Waals surface area contributed by atoms with Crippen LogP contribution < -0.4 is 0 Å². The van der Waals surface area contributed by atoms with Crippen LogP contribution in [0.5, 0.6) is 0 Å². The molecule has 0 bridgehead atoms. The van der Waals surface area contributed by atoms with Gasteiger partial charge in [0, 0.05) is 66.5 Å². The Hall–Kier alpha value is -2.57. The average Bonchev–Trinajstić information content (AvgIpc) is 3.50. The fraction of sp³-hybridized carbons (Fsp3) is 0.615.